The number of likely N-dealkylation sites (tertiary alicyclic amines) is 1. The van der Waals surface area contributed by atoms with E-state index in [1.54, 1.807) is 0 Å². The van der Waals surface area contributed by atoms with Gasteiger partial charge in [-0.05, 0) is 32.4 Å². The summed E-state index contributed by atoms with van der Waals surface area (Å²) in [4.78, 5) is 9.91. The zero-order valence-electron chi connectivity index (χ0n) is 9.32. The molecule has 3 N–H and O–H groups in total. The fraction of sp³-hybridized carbons (Fsp3) is 0.727. The molecule has 1 saturated heterocycles. The van der Waals surface area contributed by atoms with Crippen LogP contribution in [0.4, 0.5) is 0 Å². The molecule has 1 aromatic rings. The van der Waals surface area contributed by atoms with Crippen LogP contribution in [0.5, 0.6) is 0 Å². The maximum absolute atomic E-state index is 5.86. The fourth-order valence-corrected chi connectivity index (χ4v) is 2.54. The summed E-state index contributed by atoms with van der Waals surface area (Å²) in [5.41, 5.74) is 5.86. The lowest BCUT2D eigenvalue weighted by atomic mass is 9.85. The second-order valence-electron chi connectivity index (χ2n) is 4.48. The van der Waals surface area contributed by atoms with E-state index in [-0.39, 0.29) is 0 Å². The summed E-state index contributed by atoms with van der Waals surface area (Å²) in [7, 11) is 2.18. The molecule has 4 nitrogen and oxygen atoms in total. The van der Waals surface area contributed by atoms with E-state index < -0.39 is 0 Å². The standard InChI is InChI=1S/C11H20N4/c1-15-6-2-3-9(8-15)10(7-12)11-13-4-5-14-11/h4-5,9-10H,2-3,6-8,12H2,1H3,(H,13,14). The predicted molar refractivity (Wildman–Crippen MR) is 60.6 cm³/mol. The van der Waals surface area contributed by atoms with Crippen molar-refractivity contribution in [3.05, 3.63) is 18.2 Å². The largest absolute Gasteiger partial charge is 0.348 e. The quantitative estimate of drug-likeness (QED) is 0.772. The molecule has 0 saturated carbocycles. The van der Waals surface area contributed by atoms with E-state index in [4.69, 9.17) is 5.73 Å². The van der Waals surface area contributed by atoms with E-state index in [9.17, 15) is 0 Å². The van der Waals surface area contributed by atoms with Gasteiger partial charge in [0.1, 0.15) is 5.82 Å². The van der Waals surface area contributed by atoms with Crippen molar-refractivity contribution in [2.75, 3.05) is 26.7 Å². The molecule has 15 heavy (non-hydrogen) atoms. The minimum Gasteiger partial charge on any atom is -0.348 e. The van der Waals surface area contributed by atoms with Crippen LogP contribution in [0.2, 0.25) is 0 Å². The van der Waals surface area contributed by atoms with E-state index in [0.29, 0.717) is 18.4 Å². The number of hydrogen-bond donors (Lipinski definition) is 2. The van der Waals surface area contributed by atoms with Crippen molar-refractivity contribution >= 4 is 0 Å². The normalized spacial score (nSPS) is 25.3. The van der Waals surface area contributed by atoms with Gasteiger partial charge in [0.15, 0.2) is 0 Å². The molecule has 2 heterocycles. The van der Waals surface area contributed by atoms with E-state index in [1.165, 1.54) is 19.4 Å². The van der Waals surface area contributed by atoms with Gasteiger partial charge < -0.3 is 15.6 Å². The van der Waals surface area contributed by atoms with Gasteiger partial charge in [-0.15, -0.1) is 0 Å². The Morgan fingerprint density at radius 1 is 1.73 bits per heavy atom. The minimum atomic E-state index is 0.391. The van der Waals surface area contributed by atoms with Gasteiger partial charge in [-0.1, -0.05) is 0 Å². The summed E-state index contributed by atoms with van der Waals surface area (Å²) in [5, 5.41) is 0. The number of nitrogens with two attached hydrogens (primary N) is 1. The first-order valence-corrected chi connectivity index (χ1v) is 5.69. The number of imidazole rings is 1. The Morgan fingerprint density at radius 3 is 3.20 bits per heavy atom. The smallest absolute Gasteiger partial charge is 0.110 e. The van der Waals surface area contributed by atoms with Crippen molar-refractivity contribution in [3.63, 3.8) is 0 Å². The third-order valence-corrected chi connectivity index (χ3v) is 3.35. The van der Waals surface area contributed by atoms with Crippen LogP contribution in [0.25, 0.3) is 0 Å². The Morgan fingerprint density at radius 2 is 2.60 bits per heavy atom. The Hall–Kier alpha value is -0.870. The van der Waals surface area contributed by atoms with Crippen LogP contribution in [0.3, 0.4) is 0 Å². The second kappa shape index (κ2) is 4.77. The van der Waals surface area contributed by atoms with Crippen LogP contribution in [-0.2, 0) is 0 Å². The zero-order chi connectivity index (χ0) is 10.7. The molecule has 1 aliphatic heterocycles. The van der Waals surface area contributed by atoms with Crippen molar-refractivity contribution in [3.8, 4) is 0 Å². The summed E-state index contributed by atoms with van der Waals surface area (Å²) in [6.45, 7) is 3.04. The lowest BCUT2D eigenvalue weighted by molar-refractivity contribution is 0.186. The highest BCUT2D eigenvalue weighted by atomic mass is 15.1. The molecule has 84 valence electrons. The van der Waals surface area contributed by atoms with Crippen LogP contribution < -0.4 is 5.73 Å². The molecular weight excluding hydrogens is 188 g/mol. The van der Waals surface area contributed by atoms with Gasteiger partial charge in [-0.25, -0.2) is 4.98 Å². The van der Waals surface area contributed by atoms with Crippen LogP contribution >= 0.6 is 0 Å². The van der Waals surface area contributed by atoms with Crippen molar-refractivity contribution in [2.24, 2.45) is 11.7 Å². The lowest BCUT2D eigenvalue weighted by Crippen LogP contribution is -2.37. The van der Waals surface area contributed by atoms with E-state index in [2.05, 4.69) is 21.9 Å². The molecule has 2 rings (SSSR count). The molecule has 0 bridgehead atoms. The molecule has 2 unspecified atom stereocenters. The number of nitrogens with one attached hydrogen (secondary N) is 1. The lowest BCUT2D eigenvalue weighted by Gasteiger charge is -2.33. The summed E-state index contributed by atoms with van der Waals surface area (Å²) in [5.74, 6) is 2.10. The Bertz CT molecular complexity index is 283. The summed E-state index contributed by atoms with van der Waals surface area (Å²) >= 11 is 0. The Balaban J connectivity index is 2.06. The van der Waals surface area contributed by atoms with Crippen molar-refractivity contribution in [1.82, 2.24) is 14.9 Å². The molecular formula is C11H20N4. The summed E-state index contributed by atoms with van der Waals surface area (Å²) in [6.07, 6.45) is 6.24. The van der Waals surface area contributed by atoms with E-state index in [0.717, 1.165) is 12.4 Å². The number of H-pyrrole nitrogens is 1. The van der Waals surface area contributed by atoms with Gasteiger partial charge in [0, 0.05) is 31.4 Å². The number of piperidine rings is 1. The third-order valence-electron chi connectivity index (χ3n) is 3.35. The van der Waals surface area contributed by atoms with Crippen LogP contribution in [-0.4, -0.2) is 41.5 Å². The maximum atomic E-state index is 5.86. The highest BCUT2D eigenvalue weighted by Gasteiger charge is 2.27. The first-order valence-electron chi connectivity index (χ1n) is 5.69. The average Bonchev–Trinajstić information content (AvgIpc) is 2.72. The monoisotopic (exact) mass is 208 g/mol. The molecule has 2 atom stereocenters. The van der Waals surface area contributed by atoms with Crippen molar-refractivity contribution in [1.29, 1.82) is 0 Å². The number of nitrogens with zero attached hydrogens (tertiary/aromatic N) is 2. The number of rotatable bonds is 3. The van der Waals surface area contributed by atoms with Crippen molar-refractivity contribution in [2.45, 2.75) is 18.8 Å². The summed E-state index contributed by atoms with van der Waals surface area (Å²) < 4.78 is 0. The molecule has 1 fully saturated rings. The van der Waals surface area contributed by atoms with Crippen LogP contribution in [0.15, 0.2) is 12.4 Å². The predicted octanol–water partition coefficient (Wildman–Crippen LogP) is 0.794. The molecule has 0 aromatic carbocycles. The fourth-order valence-electron chi connectivity index (χ4n) is 2.54. The van der Waals surface area contributed by atoms with Gasteiger partial charge in [0.2, 0.25) is 0 Å². The van der Waals surface area contributed by atoms with E-state index >= 15 is 0 Å². The molecule has 0 amide bonds. The van der Waals surface area contributed by atoms with Crippen LogP contribution in [0.1, 0.15) is 24.6 Å². The van der Waals surface area contributed by atoms with Gasteiger partial charge in [-0.3, -0.25) is 0 Å². The van der Waals surface area contributed by atoms with Gasteiger partial charge in [0.05, 0.1) is 0 Å². The molecule has 0 radical (unpaired) electrons. The first kappa shape index (κ1) is 10.6. The highest BCUT2D eigenvalue weighted by Crippen LogP contribution is 2.28. The second-order valence-corrected chi connectivity index (χ2v) is 4.48. The molecule has 1 aromatic heterocycles. The third kappa shape index (κ3) is 2.38. The van der Waals surface area contributed by atoms with Crippen LogP contribution in [0, 0.1) is 5.92 Å². The summed E-state index contributed by atoms with van der Waals surface area (Å²) in [6, 6.07) is 0. The number of aromatic amines is 1. The number of aromatic nitrogens is 2. The highest BCUT2D eigenvalue weighted by molar-refractivity contribution is 5.01. The first-order chi connectivity index (χ1) is 7.31. The Kier molecular flexibility index (Phi) is 3.38. The van der Waals surface area contributed by atoms with Crippen molar-refractivity contribution < 1.29 is 0 Å². The van der Waals surface area contributed by atoms with E-state index in [1.807, 2.05) is 12.4 Å². The zero-order valence-corrected chi connectivity index (χ0v) is 9.32. The average molecular weight is 208 g/mol. The minimum absolute atomic E-state index is 0.391. The Labute approximate surface area is 90.9 Å². The molecule has 0 spiro atoms. The maximum Gasteiger partial charge on any atom is 0.110 e. The molecule has 0 aliphatic carbocycles. The van der Waals surface area contributed by atoms with Gasteiger partial charge in [0.25, 0.3) is 0 Å². The number of hydrogen-bond acceptors (Lipinski definition) is 3. The van der Waals surface area contributed by atoms with Gasteiger partial charge in [-0.2, -0.15) is 0 Å². The SMILES string of the molecule is CN1CCCC(C(CN)c2ncc[nH]2)C1. The molecule has 4 heteroatoms. The topological polar surface area (TPSA) is 57.9 Å². The van der Waals surface area contributed by atoms with Gasteiger partial charge >= 0.3 is 0 Å². The molecule has 1 aliphatic rings.